The van der Waals surface area contributed by atoms with Crippen molar-refractivity contribution in [2.75, 3.05) is 49.5 Å². The molecule has 1 N–H and O–H groups in total. The number of para-hydroxylation sites is 2. The number of pyridine rings is 1. The van der Waals surface area contributed by atoms with E-state index in [2.05, 4.69) is 33.9 Å². The molecule has 3 heterocycles. The first-order chi connectivity index (χ1) is 17.6. The second-order valence-corrected chi connectivity index (χ2v) is 10.0. The van der Waals surface area contributed by atoms with Gasteiger partial charge in [-0.2, -0.15) is 0 Å². The molecule has 2 amide bonds. The fraction of sp³-hybridized carbons (Fsp3) is 0.552. The van der Waals surface area contributed by atoms with E-state index in [0.717, 1.165) is 45.1 Å². The van der Waals surface area contributed by atoms with E-state index >= 15 is 0 Å². The molecule has 0 spiro atoms. The van der Waals surface area contributed by atoms with Gasteiger partial charge < -0.3 is 15.1 Å². The highest BCUT2D eigenvalue weighted by molar-refractivity contribution is 6.16. The van der Waals surface area contributed by atoms with Gasteiger partial charge in [0, 0.05) is 19.2 Å². The molecule has 1 aromatic heterocycles. The second-order valence-electron chi connectivity index (χ2n) is 10.0. The molecule has 1 atom stereocenters. The fourth-order valence-electron chi connectivity index (χ4n) is 5.55. The lowest BCUT2D eigenvalue weighted by Crippen LogP contribution is -2.36. The van der Waals surface area contributed by atoms with Crippen LogP contribution in [0, 0.1) is 5.92 Å². The predicted molar refractivity (Wildman–Crippen MR) is 146 cm³/mol. The number of anilines is 3. The van der Waals surface area contributed by atoms with Crippen LogP contribution in [-0.2, 0) is 4.79 Å². The largest absolute Gasteiger partial charge is 0.320 e. The number of hydrogen-bond acceptors (Lipinski definition) is 5. The summed E-state index contributed by atoms with van der Waals surface area (Å²) in [6.07, 6.45) is 9.34. The van der Waals surface area contributed by atoms with Gasteiger partial charge in [-0.1, -0.05) is 32.4 Å². The molecule has 1 aromatic carbocycles. The van der Waals surface area contributed by atoms with Crippen molar-refractivity contribution in [2.45, 2.75) is 58.8 Å². The summed E-state index contributed by atoms with van der Waals surface area (Å²) in [6.45, 7) is 11.2. The lowest BCUT2D eigenvalue weighted by molar-refractivity contribution is -0.118. The molecular formula is C29H41N5O2. The maximum Gasteiger partial charge on any atom is 0.259 e. The molecule has 4 rings (SSSR count). The first-order valence-corrected chi connectivity index (χ1v) is 13.7. The number of unbranched alkanes of at least 4 members (excludes halogenated alkanes) is 1. The number of nitrogens with zero attached hydrogens (tertiary/aromatic N) is 4. The quantitative estimate of drug-likeness (QED) is 0.431. The van der Waals surface area contributed by atoms with Crippen LogP contribution in [0.3, 0.4) is 0 Å². The third-order valence-corrected chi connectivity index (χ3v) is 7.58. The Kier molecular flexibility index (Phi) is 9.47. The Bertz CT molecular complexity index is 1020. The zero-order valence-electron chi connectivity index (χ0n) is 21.9. The molecule has 1 saturated heterocycles. The SMILES string of the molecule is CCN(CC)CCCCC1CCCN(CCCC(=O)N2c3ccccc3NC(=O)c3cccnc32)C1. The first-order valence-electron chi connectivity index (χ1n) is 13.7. The van der Waals surface area contributed by atoms with Gasteiger partial charge in [0.1, 0.15) is 0 Å². The number of carbonyl (C=O) groups is 2. The zero-order chi connectivity index (χ0) is 25.3. The Hall–Kier alpha value is -2.77. The van der Waals surface area contributed by atoms with Crippen molar-refractivity contribution < 1.29 is 9.59 Å². The molecule has 2 aliphatic heterocycles. The summed E-state index contributed by atoms with van der Waals surface area (Å²) in [5.41, 5.74) is 1.73. The van der Waals surface area contributed by atoms with Crippen LogP contribution >= 0.6 is 0 Å². The molecule has 0 saturated carbocycles. The fourth-order valence-corrected chi connectivity index (χ4v) is 5.55. The van der Waals surface area contributed by atoms with E-state index < -0.39 is 0 Å². The van der Waals surface area contributed by atoms with Crippen molar-refractivity contribution in [1.82, 2.24) is 14.8 Å². The molecule has 2 aliphatic rings. The van der Waals surface area contributed by atoms with Gasteiger partial charge in [0.15, 0.2) is 5.82 Å². The molecule has 36 heavy (non-hydrogen) atoms. The Balaban J connectivity index is 1.31. The van der Waals surface area contributed by atoms with Crippen molar-refractivity contribution in [1.29, 1.82) is 0 Å². The van der Waals surface area contributed by atoms with Crippen LogP contribution < -0.4 is 10.2 Å². The van der Waals surface area contributed by atoms with Gasteiger partial charge in [-0.25, -0.2) is 4.98 Å². The zero-order valence-corrected chi connectivity index (χ0v) is 21.9. The average molecular weight is 492 g/mol. The molecule has 0 aliphatic carbocycles. The predicted octanol–water partition coefficient (Wildman–Crippen LogP) is 5.32. The van der Waals surface area contributed by atoms with Crippen LogP contribution in [0.1, 0.15) is 69.2 Å². The Morgan fingerprint density at radius 3 is 2.78 bits per heavy atom. The Morgan fingerprint density at radius 1 is 1.11 bits per heavy atom. The summed E-state index contributed by atoms with van der Waals surface area (Å²) >= 11 is 0. The summed E-state index contributed by atoms with van der Waals surface area (Å²) in [5.74, 6) is 0.922. The standard InChI is InChI=1S/C29H41N5O2/c1-3-32(4-2)19-8-7-12-23-13-10-20-33(22-23)21-11-17-27(35)34-26-16-6-5-15-25(26)31-29(36)24-14-9-18-30-28(24)34/h5-6,9,14-16,18,23H,3-4,7-8,10-13,17,19-22H2,1-2H3,(H,31,36). The number of fused-ring (bicyclic) bond motifs is 2. The van der Waals surface area contributed by atoms with Crippen LogP contribution in [0.5, 0.6) is 0 Å². The van der Waals surface area contributed by atoms with Gasteiger partial charge in [0.05, 0.1) is 16.9 Å². The van der Waals surface area contributed by atoms with E-state index in [1.54, 1.807) is 23.2 Å². The summed E-state index contributed by atoms with van der Waals surface area (Å²) in [5, 5.41) is 2.93. The molecule has 7 nitrogen and oxygen atoms in total. The average Bonchev–Trinajstić information content (AvgIpc) is 3.03. The minimum Gasteiger partial charge on any atom is -0.320 e. The number of amides is 2. The third-order valence-electron chi connectivity index (χ3n) is 7.58. The molecule has 0 radical (unpaired) electrons. The van der Waals surface area contributed by atoms with Gasteiger partial charge in [0.25, 0.3) is 5.91 Å². The highest BCUT2D eigenvalue weighted by Gasteiger charge is 2.30. The van der Waals surface area contributed by atoms with Gasteiger partial charge in [0.2, 0.25) is 5.91 Å². The summed E-state index contributed by atoms with van der Waals surface area (Å²) in [7, 11) is 0. The number of nitrogens with one attached hydrogen (secondary N) is 1. The van der Waals surface area contributed by atoms with Crippen molar-refractivity contribution in [3.8, 4) is 0 Å². The van der Waals surface area contributed by atoms with E-state index in [1.165, 1.54) is 38.6 Å². The molecule has 1 fully saturated rings. The highest BCUT2D eigenvalue weighted by Crippen LogP contribution is 2.37. The van der Waals surface area contributed by atoms with Crippen LogP contribution in [0.15, 0.2) is 42.6 Å². The second kappa shape index (κ2) is 13.0. The molecule has 194 valence electrons. The van der Waals surface area contributed by atoms with Crippen LogP contribution in [0.4, 0.5) is 17.2 Å². The Labute approximate surface area is 215 Å². The summed E-state index contributed by atoms with van der Waals surface area (Å²) in [4.78, 5) is 37.3. The lowest BCUT2D eigenvalue weighted by Gasteiger charge is -2.33. The van der Waals surface area contributed by atoms with Crippen LogP contribution in [0.25, 0.3) is 0 Å². The van der Waals surface area contributed by atoms with Crippen molar-refractivity contribution >= 4 is 29.0 Å². The van der Waals surface area contributed by atoms with Gasteiger partial charge in [-0.15, -0.1) is 0 Å². The van der Waals surface area contributed by atoms with Crippen LogP contribution in [0.2, 0.25) is 0 Å². The van der Waals surface area contributed by atoms with E-state index in [1.807, 2.05) is 24.3 Å². The topological polar surface area (TPSA) is 68.8 Å². The van der Waals surface area contributed by atoms with E-state index in [0.29, 0.717) is 29.2 Å². The van der Waals surface area contributed by atoms with Crippen LogP contribution in [-0.4, -0.2) is 65.9 Å². The number of rotatable bonds is 11. The number of benzene rings is 1. The smallest absolute Gasteiger partial charge is 0.259 e. The number of hydrogen-bond donors (Lipinski definition) is 1. The summed E-state index contributed by atoms with van der Waals surface area (Å²) in [6, 6.07) is 10.9. The van der Waals surface area contributed by atoms with E-state index in [-0.39, 0.29) is 11.8 Å². The third kappa shape index (κ3) is 6.51. The summed E-state index contributed by atoms with van der Waals surface area (Å²) < 4.78 is 0. The van der Waals surface area contributed by atoms with Gasteiger partial charge in [-0.3, -0.25) is 14.5 Å². The van der Waals surface area contributed by atoms with E-state index in [4.69, 9.17) is 0 Å². The molecular weight excluding hydrogens is 450 g/mol. The van der Waals surface area contributed by atoms with E-state index in [9.17, 15) is 9.59 Å². The monoisotopic (exact) mass is 491 g/mol. The van der Waals surface area contributed by atoms with Crippen molar-refractivity contribution in [3.63, 3.8) is 0 Å². The molecule has 1 unspecified atom stereocenters. The maximum absolute atomic E-state index is 13.5. The highest BCUT2D eigenvalue weighted by atomic mass is 16.2. The normalized spacial score (nSPS) is 17.9. The minimum atomic E-state index is -0.239. The number of carbonyl (C=O) groups excluding carboxylic acids is 2. The number of likely N-dealkylation sites (tertiary alicyclic amines) is 1. The first kappa shape index (κ1) is 26.3. The lowest BCUT2D eigenvalue weighted by atomic mass is 9.92. The number of piperidine rings is 1. The maximum atomic E-state index is 13.5. The minimum absolute atomic E-state index is 0.0242. The van der Waals surface area contributed by atoms with Crippen molar-refractivity contribution in [3.05, 3.63) is 48.2 Å². The number of aromatic nitrogens is 1. The molecule has 0 bridgehead atoms. The molecule has 7 heteroatoms. The van der Waals surface area contributed by atoms with Gasteiger partial charge >= 0.3 is 0 Å². The Morgan fingerprint density at radius 2 is 1.94 bits per heavy atom. The molecule has 2 aromatic rings. The van der Waals surface area contributed by atoms with Crippen molar-refractivity contribution in [2.24, 2.45) is 5.92 Å². The van der Waals surface area contributed by atoms with Gasteiger partial charge in [-0.05, 0) is 95.0 Å².